The molecule has 0 aromatic carbocycles. The maximum Gasteiger partial charge on any atom is 0.0152 e. The zero-order valence-corrected chi connectivity index (χ0v) is 6.35. The average molecular weight is 125 g/mol. The van der Waals surface area contributed by atoms with Crippen molar-refractivity contribution in [2.24, 2.45) is 5.41 Å². The predicted octanol–water partition coefficient (Wildman–Crippen LogP) is 1.49. The molecule has 1 heteroatoms. The fraction of sp³-hybridized carbons (Fsp3) is 1.00. The summed E-state index contributed by atoms with van der Waals surface area (Å²) < 4.78 is 0. The molecule has 2 fully saturated rings. The SMILES string of the molecule is CN1CCCC2(C)CC12. The van der Waals surface area contributed by atoms with Gasteiger partial charge in [0.2, 0.25) is 0 Å². The summed E-state index contributed by atoms with van der Waals surface area (Å²) in [6.45, 7) is 3.76. The lowest BCUT2D eigenvalue weighted by molar-refractivity contribution is 0.218. The fourth-order valence-electron chi connectivity index (χ4n) is 2.23. The van der Waals surface area contributed by atoms with Crippen LogP contribution in [0, 0.1) is 5.41 Å². The lowest BCUT2D eigenvalue weighted by atomic mass is 9.98. The summed E-state index contributed by atoms with van der Waals surface area (Å²) in [5.41, 5.74) is 0.743. The molecule has 2 aliphatic rings. The van der Waals surface area contributed by atoms with Crippen LogP contribution in [-0.4, -0.2) is 24.5 Å². The quantitative estimate of drug-likeness (QED) is 0.474. The van der Waals surface area contributed by atoms with Crippen LogP contribution in [-0.2, 0) is 0 Å². The van der Waals surface area contributed by atoms with Crippen molar-refractivity contribution >= 4 is 0 Å². The molecule has 1 saturated carbocycles. The van der Waals surface area contributed by atoms with Crippen LogP contribution in [0.4, 0.5) is 0 Å². The maximum absolute atomic E-state index is 2.52. The molecule has 1 heterocycles. The van der Waals surface area contributed by atoms with Gasteiger partial charge in [0.25, 0.3) is 0 Å². The van der Waals surface area contributed by atoms with E-state index in [1.165, 1.54) is 25.8 Å². The molecule has 0 spiro atoms. The van der Waals surface area contributed by atoms with E-state index in [0.717, 1.165) is 11.5 Å². The normalized spacial score (nSPS) is 50.7. The van der Waals surface area contributed by atoms with Gasteiger partial charge in [-0.1, -0.05) is 6.92 Å². The molecule has 1 aliphatic carbocycles. The number of fused-ring (bicyclic) bond motifs is 1. The smallest absolute Gasteiger partial charge is 0.0152 e. The first-order valence-corrected chi connectivity index (χ1v) is 3.93. The lowest BCUT2D eigenvalue weighted by Gasteiger charge is -2.26. The van der Waals surface area contributed by atoms with Crippen molar-refractivity contribution in [3.63, 3.8) is 0 Å². The first-order chi connectivity index (χ1) is 4.22. The molecule has 1 nitrogen and oxygen atoms in total. The second-order valence-electron chi connectivity index (χ2n) is 3.96. The third kappa shape index (κ3) is 0.710. The Kier molecular flexibility index (Phi) is 0.963. The van der Waals surface area contributed by atoms with Crippen molar-refractivity contribution in [1.29, 1.82) is 0 Å². The Bertz CT molecular complexity index is 133. The first kappa shape index (κ1) is 5.72. The van der Waals surface area contributed by atoms with Crippen molar-refractivity contribution < 1.29 is 0 Å². The number of hydrogen-bond donors (Lipinski definition) is 0. The van der Waals surface area contributed by atoms with Crippen LogP contribution in [0.1, 0.15) is 26.2 Å². The third-order valence-electron chi connectivity index (χ3n) is 3.09. The van der Waals surface area contributed by atoms with E-state index in [0.29, 0.717) is 0 Å². The Hall–Kier alpha value is -0.0400. The van der Waals surface area contributed by atoms with Crippen molar-refractivity contribution in [3.8, 4) is 0 Å². The summed E-state index contributed by atoms with van der Waals surface area (Å²) in [6.07, 6.45) is 4.36. The minimum Gasteiger partial charge on any atom is -0.303 e. The molecule has 52 valence electrons. The highest BCUT2D eigenvalue weighted by Gasteiger charge is 2.53. The minimum absolute atomic E-state index is 0.743. The first-order valence-electron chi connectivity index (χ1n) is 3.93. The molecule has 2 unspecified atom stereocenters. The second-order valence-corrected chi connectivity index (χ2v) is 3.96. The van der Waals surface area contributed by atoms with Crippen LogP contribution in [0.3, 0.4) is 0 Å². The van der Waals surface area contributed by atoms with Crippen molar-refractivity contribution in [1.82, 2.24) is 4.90 Å². The summed E-state index contributed by atoms with van der Waals surface area (Å²) in [4.78, 5) is 2.52. The highest BCUT2D eigenvalue weighted by Crippen LogP contribution is 2.54. The number of hydrogen-bond acceptors (Lipinski definition) is 1. The average Bonchev–Trinajstić information content (AvgIpc) is 2.43. The van der Waals surface area contributed by atoms with Gasteiger partial charge in [0.1, 0.15) is 0 Å². The Balaban J connectivity index is 2.07. The van der Waals surface area contributed by atoms with Crippen LogP contribution in [0.5, 0.6) is 0 Å². The van der Waals surface area contributed by atoms with E-state index < -0.39 is 0 Å². The van der Waals surface area contributed by atoms with E-state index in [1.54, 1.807) is 0 Å². The molecule has 0 amide bonds. The van der Waals surface area contributed by atoms with Crippen molar-refractivity contribution in [2.45, 2.75) is 32.2 Å². The van der Waals surface area contributed by atoms with E-state index in [1.807, 2.05) is 0 Å². The zero-order chi connectivity index (χ0) is 6.48. The van der Waals surface area contributed by atoms with Crippen LogP contribution in [0.15, 0.2) is 0 Å². The van der Waals surface area contributed by atoms with Crippen LogP contribution < -0.4 is 0 Å². The molecular weight excluding hydrogens is 110 g/mol. The molecule has 0 radical (unpaired) electrons. The van der Waals surface area contributed by atoms with E-state index in [2.05, 4.69) is 18.9 Å². The van der Waals surface area contributed by atoms with E-state index in [-0.39, 0.29) is 0 Å². The monoisotopic (exact) mass is 125 g/mol. The zero-order valence-electron chi connectivity index (χ0n) is 6.35. The summed E-state index contributed by atoms with van der Waals surface area (Å²) in [7, 11) is 2.26. The third-order valence-corrected chi connectivity index (χ3v) is 3.09. The fourth-order valence-corrected chi connectivity index (χ4v) is 2.23. The van der Waals surface area contributed by atoms with Crippen LogP contribution >= 0.6 is 0 Å². The summed E-state index contributed by atoms with van der Waals surface area (Å²) in [6, 6.07) is 0.950. The van der Waals surface area contributed by atoms with Crippen LogP contribution in [0.25, 0.3) is 0 Å². The molecule has 1 aliphatic heterocycles. The number of nitrogens with zero attached hydrogens (tertiary/aromatic N) is 1. The van der Waals surface area contributed by atoms with E-state index in [4.69, 9.17) is 0 Å². The molecule has 0 bridgehead atoms. The summed E-state index contributed by atoms with van der Waals surface area (Å²) >= 11 is 0. The van der Waals surface area contributed by atoms with Gasteiger partial charge in [-0.15, -0.1) is 0 Å². The molecule has 0 aromatic rings. The van der Waals surface area contributed by atoms with Gasteiger partial charge in [-0.2, -0.15) is 0 Å². The van der Waals surface area contributed by atoms with Gasteiger partial charge in [0.15, 0.2) is 0 Å². The van der Waals surface area contributed by atoms with Gasteiger partial charge in [0.05, 0.1) is 0 Å². The number of likely N-dealkylation sites (tertiary alicyclic amines) is 1. The second kappa shape index (κ2) is 1.51. The molecular formula is C8H15N. The predicted molar refractivity (Wildman–Crippen MR) is 38.4 cm³/mol. The molecule has 1 saturated heterocycles. The molecule has 0 aromatic heterocycles. The van der Waals surface area contributed by atoms with E-state index >= 15 is 0 Å². The van der Waals surface area contributed by atoms with Gasteiger partial charge in [-0.25, -0.2) is 0 Å². The summed E-state index contributed by atoms with van der Waals surface area (Å²) in [5, 5.41) is 0. The summed E-state index contributed by atoms with van der Waals surface area (Å²) in [5.74, 6) is 0. The Morgan fingerprint density at radius 1 is 1.56 bits per heavy atom. The van der Waals surface area contributed by atoms with Gasteiger partial charge < -0.3 is 4.90 Å². The van der Waals surface area contributed by atoms with Gasteiger partial charge in [0, 0.05) is 6.04 Å². The van der Waals surface area contributed by atoms with Gasteiger partial charge in [-0.3, -0.25) is 0 Å². The highest BCUT2D eigenvalue weighted by atomic mass is 15.2. The lowest BCUT2D eigenvalue weighted by Crippen LogP contribution is -2.30. The Morgan fingerprint density at radius 3 is 2.89 bits per heavy atom. The van der Waals surface area contributed by atoms with Crippen molar-refractivity contribution in [2.75, 3.05) is 13.6 Å². The van der Waals surface area contributed by atoms with E-state index in [9.17, 15) is 0 Å². The number of piperidine rings is 1. The van der Waals surface area contributed by atoms with Crippen molar-refractivity contribution in [3.05, 3.63) is 0 Å². The number of rotatable bonds is 0. The molecule has 2 rings (SSSR count). The minimum atomic E-state index is 0.743. The Morgan fingerprint density at radius 2 is 2.33 bits per heavy atom. The largest absolute Gasteiger partial charge is 0.303 e. The highest BCUT2D eigenvalue weighted by molar-refractivity contribution is 5.07. The van der Waals surface area contributed by atoms with Gasteiger partial charge >= 0.3 is 0 Å². The van der Waals surface area contributed by atoms with Crippen LogP contribution in [0.2, 0.25) is 0 Å². The molecule has 9 heavy (non-hydrogen) atoms. The standard InChI is InChI=1S/C8H15N/c1-8-4-3-5-9(2)7(8)6-8/h7H,3-6H2,1-2H3. The topological polar surface area (TPSA) is 3.24 Å². The molecule has 2 atom stereocenters. The maximum atomic E-state index is 2.52. The molecule has 0 N–H and O–H groups in total. The van der Waals surface area contributed by atoms with Gasteiger partial charge in [-0.05, 0) is 38.3 Å². The Labute approximate surface area is 57.0 Å².